The van der Waals surface area contributed by atoms with Crippen molar-refractivity contribution in [2.45, 2.75) is 33.2 Å². The Labute approximate surface area is 118 Å². The molecule has 0 spiro atoms. The minimum atomic E-state index is 0.909. The number of rotatable bonds is 5. The van der Waals surface area contributed by atoms with Crippen LogP contribution in [-0.2, 0) is 6.54 Å². The number of thiazole rings is 1. The summed E-state index contributed by atoms with van der Waals surface area (Å²) in [7, 11) is 0. The third kappa shape index (κ3) is 3.23. The summed E-state index contributed by atoms with van der Waals surface area (Å²) in [6, 6.07) is 6.56. The molecule has 1 aromatic carbocycles. The SMILES string of the molecule is Cc1ccc(-c2csc(CNCC3CC3)n2)c(C)c1. The van der Waals surface area contributed by atoms with Crippen LogP contribution in [0.4, 0.5) is 0 Å². The molecule has 1 aliphatic carbocycles. The van der Waals surface area contributed by atoms with Gasteiger partial charge in [-0.2, -0.15) is 0 Å². The smallest absolute Gasteiger partial charge is 0.107 e. The molecule has 100 valence electrons. The molecule has 3 heteroatoms. The largest absolute Gasteiger partial charge is 0.310 e. The number of nitrogens with zero attached hydrogens (tertiary/aromatic N) is 1. The second-order valence-electron chi connectivity index (χ2n) is 5.52. The Morgan fingerprint density at radius 2 is 2.16 bits per heavy atom. The second kappa shape index (κ2) is 5.43. The summed E-state index contributed by atoms with van der Waals surface area (Å²) in [6.45, 7) is 6.35. The van der Waals surface area contributed by atoms with E-state index < -0.39 is 0 Å². The van der Waals surface area contributed by atoms with E-state index in [0.717, 1.165) is 24.7 Å². The summed E-state index contributed by atoms with van der Waals surface area (Å²) in [5.41, 5.74) is 4.99. The summed E-state index contributed by atoms with van der Waals surface area (Å²) < 4.78 is 0. The second-order valence-corrected chi connectivity index (χ2v) is 6.46. The summed E-state index contributed by atoms with van der Waals surface area (Å²) in [4.78, 5) is 4.74. The van der Waals surface area contributed by atoms with Crippen molar-refractivity contribution in [3.8, 4) is 11.3 Å². The molecule has 3 rings (SSSR count). The molecule has 0 unspecified atom stereocenters. The number of nitrogens with one attached hydrogen (secondary N) is 1. The highest BCUT2D eigenvalue weighted by atomic mass is 32.1. The fourth-order valence-corrected chi connectivity index (χ4v) is 3.09. The van der Waals surface area contributed by atoms with E-state index in [2.05, 4.69) is 42.7 Å². The van der Waals surface area contributed by atoms with Crippen LogP contribution in [0.2, 0.25) is 0 Å². The molecule has 0 aliphatic heterocycles. The first-order chi connectivity index (χ1) is 9.22. The highest BCUT2D eigenvalue weighted by Gasteiger charge is 2.20. The highest BCUT2D eigenvalue weighted by Crippen LogP contribution is 2.28. The van der Waals surface area contributed by atoms with E-state index in [0.29, 0.717) is 0 Å². The molecule has 1 N–H and O–H groups in total. The number of hydrogen-bond donors (Lipinski definition) is 1. The monoisotopic (exact) mass is 272 g/mol. The first-order valence-electron chi connectivity index (χ1n) is 6.95. The third-order valence-corrected chi connectivity index (χ3v) is 4.46. The molecule has 1 fully saturated rings. The van der Waals surface area contributed by atoms with Crippen LogP contribution in [0.3, 0.4) is 0 Å². The fraction of sp³-hybridized carbons (Fsp3) is 0.438. The van der Waals surface area contributed by atoms with Crippen molar-refractivity contribution in [1.29, 1.82) is 0 Å². The van der Waals surface area contributed by atoms with Crippen molar-refractivity contribution < 1.29 is 0 Å². The van der Waals surface area contributed by atoms with Crippen LogP contribution in [-0.4, -0.2) is 11.5 Å². The van der Waals surface area contributed by atoms with Gasteiger partial charge in [0.05, 0.1) is 5.69 Å². The predicted octanol–water partition coefficient (Wildman–Crippen LogP) is 3.93. The standard InChI is InChI=1S/C16H20N2S/c1-11-3-6-14(12(2)7-11)15-10-19-16(18-15)9-17-8-13-4-5-13/h3,6-7,10,13,17H,4-5,8-9H2,1-2H3. The van der Waals surface area contributed by atoms with E-state index in [-0.39, 0.29) is 0 Å². The van der Waals surface area contributed by atoms with Gasteiger partial charge >= 0.3 is 0 Å². The van der Waals surface area contributed by atoms with E-state index in [1.165, 1.54) is 34.5 Å². The zero-order valence-electron chi connectivity index (χ0n) is 11.6. The average molecular weight is 272 g/mol. The number of benzene rings is 1. The van der Waals surface area contributed by atoms with E-state index in [1.54, 1.807) is 11.3 Å². The zero-order chi connectivity index (χ0) is 13.2. The first-order valence-corrected chi connectivity index (χ1v) is 7.83. The highest BCUT2D eigenvalue weighted by molar-refractivity contribution is 7.09. The maximum Gasteiger partial charge on any atom is 0.107 e. The zero-order valence-corrected chi connectivity index (χ0v) is 12.4. The molecule has 1 heterocycles. The summed E-state index contributed by atoms with van der Waals surface area (Å²) in [5, 5.41) is 6.86. The Kier molecular flexibility index (Phi) is 3.67. The molecule has 0 radical (unpaired) electrons. The number of hydrogen-bond acceptors (Lipinski definition) is 3. The molecular weight excluding hydrogens is 252 g/mol. The van der Waals surface area contributed by atoms with Gasteiger partial charge < -0.3 is 5.32 Å². The Morgan fingerprint density at radius 1 is 1.32 bits per heavy atom. The topological polar surface area (TPSA) is 24.9 Å². The molecule has 1 aliphatic rings. The number of aryl methyl sites for hydroxylation is 2. The van der Waals surface area contributed by atoms with Crippen molar-refractivity contribution in [3.05, 3.63) is 39.7 Å². The van der Waals surface area contributed by atoms with E-state index in [1.807, 2.05) is 0 Å². The lowest BCUT2D eigenvalue weighted by Crippen LogP contribution is -2.15. The lowest BCUT2D eigenvalue weighted by Gasteiger charge is -2.03. The van der Waals surface area contributed by atoms with E-state index in [9.17, 15) is 0 Å². The van der Waals surface area contributed by atoms with E-state index in [4.69, 9.17) is 4.98 Å². The first kappa shape index (κ1) is 12.8. The molecule has 1 saturated carbocycles. The van der Waals surface area contributed by atoms with Crippen molar-refractivity contribution in [2.75, 3.05) is 6.54 Å². The molecule has 19 heavy (non-hydrogen) atoms. The van der Waals surface area contributed by atoms with Crippen molar-refractivity contribution >= 4 is 11.3 Å². The maximum absolute atomic E-state index is 4.74. The molecular formula is C16H20N2S. The minimum Gasteiger partial charge on any atom is -0.310 e. The van der Waals surface area contributed by atoms with Gasteiger partial charge in [-0.1, -0.05) is 23.8 Å². The van der Waals surface area contributed by atoms with E-state index >= 15 is 0 Å². The van der Waals surface area contributed by atoms with Gasteiger partial charge in [0.1, 0.15) is 5.01 Å². The van der Waals surface area contributed by atoms with Crippen LogP contribution in [0.25, 0.3) is 11.3 Å². The normalized spacial score (nSPS) is 14.8. The van der Waals surface area contributed by atoms with Gasteiger partial charge in [-0.3, -0.25) is 0 Å². The van der Waals surface area contributed by atoms with Crippen molar-refractivity contribution in [2.24, 2.45) is 5.92 Å². The Morgan fingerprint density at radius 3 is 2.89 bits per heavy atom. The van der Waals surface area contributed by atoms with Gasteiger partial charge in [-0.15, -0.1) is 11.3 Å². The Hall–Kier alpha value is -1.19. The molecule has 0 atom stereocenters. The predicted molar refractivity (Wildman–Crippen MR) is 81.5 cm³/mol. The van der Waals surface area contributed by atoms with Gasteiger partial charge in [0, 0.05) is 17.5 Å². The Bertz CT molecular complexity index is 570. The molecule has 0 saturated heterocycles. The summed E-state index contributed by atoms with van der Waals surface area (Å²) in [6.07, 6.45) is 2.80. The summed E-state index contributed by atoms with van der Waals surface area (Å²) in [5.74, 6) is 0.929. The van der Waals surface area contributed by atoms with Gasteiger partial charge in [0.2, 0.25) is 0 Å². The van der Waals surface area contributed by atoms with Crippen LogP contribution in [0, 0.1) is 19.8 Å². The van der Waals surface area contributed by atoms with Gasteiger partial charge in [0.25, 0.3) is 0 Å². The fourth-order valence-electron chi connectivity index (χ4n) is 2.32. The van der Waals surface area contributed by atoms with Crippen LogP contribution >= 0.6 is 11.3 Å². The Balaban J connectivity index is 1.68. The van der Waals surface area contributed by atoms with Gasteiger partial charge in [-0.25, -0.2) is 4.98 Å². The summed E-state index contributed by atoms with van der Waals surface area (Å²) >= 11 is 1.76. The van der Waals surface area contributed by atoms with Crippen LogP contribution in [0.15, 0.2) is 23.6 Å². The van der Waals surface area contributed by atoms with Crippen molar-refractivity contribution in [1.82, 2.24) is 10.3 Å². The maximum atomic E-state index is 4.74. The molecule has 2 nitrogen and oxygen atoms in total. The van der Waals surface area contributed by atoms with Crippen LogP contribution in [0.5, 0.6) is 0 Å². The molecule has 2 aromatic rings. The molecule has 0 bridgehead atoms. The van der Waals surface area contributed by atoms with Crippen LogP contribution < -0.4 is 5.32 Å². The minimum absolute atomic E-state index is 0.909. The quantitative estimate of drug-likeness (QED) is 0.892. The third-order valence-electron chi connectivity index (χ3n) is 3.62. The lowest BCUT2D eigenvalue weighted by atomic mass is 10.0. The van der Waals surface area contributed by atoms with Crippen molar-refractivity contribution in [3.63, 3.8) is 0 Å². The molecule has 0 amide bonds. The average Bonchev–Trinajstić information content (AvgIpc) is 3.07. The molecule has 1 aromatic heterocycles. The van der Waals surface area contributed by atoms with Crippen LogP contribution in [0.1, 0.15) is 29.0 Å². The lowest BCUT2D eigenvalue weighted by molar-refractivity contribution is 0.637. The van der Waals surface area contributed by atoms with Gasteiger partial charge in [-0.05, 0) is 44.7 Å². The number of aromatic nitrogens is 1. The van der Waals surface area contributed by atoms with Gasteiger partial charge in [0.15, 0.2) is 0 Å².